The Morgan fingerprint density at radius 1 is 1.10 bits per heavy atom. The summed E-state index contributed by atoms with van der Waals surface area (Å²) >= 11 is 4.96. The molecule has 0 atom stereocenters. The van der Waals surface area contributed by atoms with Crippen LogP contribution in [0, 0.1) is 0 Å². The van der Waals surface area contributed by atoms with Gasteiger partial charge in [-0.1, -0.05) is 36.5 Å². The number of para-hydroxylation sites is 1. The molecule has 0 aliphatic carbocycles. The largest absolute Gasteiger partial charge is 0.393 e. The molecule has 0 aliphatic rings. The SMILES string of the molecule is NC(=S)CCN(CCn1ccccc1=O)c1ccccc1. The fraction of sp³-hybridized carbons (Fsp3) is 0.250. The number of nitrogens with two attached hydrogens (primary N) is 1. The summed E-state index contributed by atoms with van der Waals surface area (Å²) in [5, 5.41) is 0. The lowest BCUT2D eigenvalue weighted by molar-refractivity contribution is 0.640. The van der Waals surface area contributed by atoms with E-state index in [4.69, 9.17) is 18.0 Å². The molecule has 0 unspecified atom stereocenters. The van der Waals surface area contributed by atoms with E-state index in [2.05, 4.69) is 4.90 Å². The average molecular weight is 301 g/mol. The van der Waals surface area contributed by atoms with Crippen molar-refractivity contribution in [3.05, 3.63) is 65.1 Å². The highest BCUT2D eigenvalue weighted by Gasteiger charge is 2.07. The monoisotopic (exact) mass is 301 g/mol. The fourth-order valence-corrected chi connectivity index (χ4v) is 2.22. The molecule has 1 aromatic heterocycles. The van der Waals surface area contributed by atoms with Crippen LogP contribution >= 0.6 is 12.2 Å². The van der Waals surface area contributed by atoms with Gasteiger partial charge in [-0.25, -0.2) is 0 Å². The average Bonchev–Trinajstić information content (AvgIpc) is 2.49. The molecule has 0 amide bonds. The number of hydrogen-bond acceptors (Lipinski definition) is 3. The van der Waals surface area contributed by atoms with Crippen molar-refractivity contribution < 1.29 is 0 Å². The predicted molar refractivity (Wildman–Crippen MR) is 90.8 cm³/mol. The van der Waals surface area contributed by atoms with Crippen molar-refractivity contribution in [2.45, 2.75) is 13.0 Å². The molecular formula is C16H19N3OS. The van der Waals surface area contributed by atoms with Crippen LogP contribution < -0.4 is 16.2 Å². The molecule has 0 aliphatic heterocycles. The molecule has 110 valence electrons. The Labute approximate surface area is 129 Å². The second-order valence-corrected chi connectivity index (χ2v) is 5.30. The third-order valence-electron chi connectivity index (χ3n) is 3.26. The second kappa shape index (κ2) is 7.59. The van der Waals surface area contributed by atoms with E-state index in [0.717, 1.165) is 18.8 Å². The van der Waals surface area contributed by atoms with E-state index < -0.39 is 0 Å². The van der Waals surface area contributed by atoms with Gasteiger partial charge in [-0.2, -0.15) is 0 Å². The topological polar surface area (TPSA) is 51.3 Å². The normalized spacial score (nSPS) is 10.3. The van der Waals surface area contributed by atoms with Gasteiger partial charge in [0.05, 0.1) is 4.99 Å². The summed E-state index contributed by atoms with van der Waals surface area (Å²) in [7, 11) is 0. The van der Waals surface area contributed by atoms with Gasteiger partial charge < -0.3 is 15.2 Å². The van der Waals surface area contributed by atoms with Crippen LogP contribution in [-0.4, -0.2) is 22.6 Å². The van der Waals surface area contributed by atoms with Crippen LogP contribution in [0.25, 0.3) is 0 Å². The van der Waals surface area contributed by atoms with Crippen LogP contribution in [0.1, 0.15) is 6.42 Å². The first kappa shape index (κ1) is 15.3. The summed E-state index contributed by atoms with van der Waals surface area (Å²) in [6.45, 7) is 2.11. The summed E-state index contributed by atoms with van der Waals surface area (Å²) in [6, 6.07) is 15.3. The quantitative estimate of drug-likeness (QED) is 0.795. The van der Waals surface area contributed by atoms with E-state index in [1.165, 1.54) is 0 Å². The molecule has 0 fully saturated rings. The second-order valence-electron chi connectivity index (χ2n) is 4.77. The van der Waals surface area contributed by atoms with Crippen LogP contribution in [-0.2, 0) is 6.54 Å². The minimum atomic E-state index is 0.0138. The van der Waals surface area contributed by atoms with Crippen molar-refractivity contribution >= 4 is 22.9 Å². The molecule has 0 saturated heterocycles. The Kier molecular flexibility index (Phi) is 5.51. The molecular weight excluding hydrogens is 282 g/mol. The third kappa shape index (κ3) is 4.72. The maximum atomic E-state index is 11.7. The predicted octanol–water partition coefficient (Wildman–Crippen LogP) is 2.03. The number of aromatic nitrogens is 1. The minimum Gasteiger partial charge on any atom is -0.393 e. The standard InChI is InChI=1S/C16H19N3OS/c17-15(21)9-11-18(14-6-2-1-3-7-14)12-13-19-10-5-4-8-16(19)20/h1-8,10H,9,11-13H2,(H2,17,21). The molecule has 0 radical (unpaired) electrons. The summed E-state index contributed by atoms with van der Waals surface area (Å²) in [5.74, 6) is 0. The number of benzene rings is 1. The highest BCUT2D eigenvalue weighted by Crippen LogP contribution is 2.13. The number of pyridine rings is 1. The first-order chi connectivity index (χ1) is 10.2. The lowest BCUT2D eigenvalue weighted by Crippen LogP contribution is -2.32. The molecule has 4 nitrogen and oxygen atoms in total. The highest BCUT2D eigenvalue weighted by molar-refractivity contribution is 7.80. The van der Waals surface area contributed by atoms with Crippen molar-refractivity contribution in [2.24, 2.45) is 5.73 Å². The van der Waals surface area contributed by atoms with Gasteiger partial charge in [0.25, 0.3) is 5.56 Å². The molecule has 5 heteroatoms. The maximum absolute atomic E-state index is 11.7. The lowest BCUT2D eigenvalue weighted by Gasteiger charge is -2.25. The van der Waals surface area contributed by atoms with Gasteiger partial charge >= 0.3 is 0 Å². The van der Waals surface area contributed by atoms with Gasteiger partial charge in [-0.05, 0) is 18.2 Å². The zero-order valence-corrected chi connectivity index (χ0v) is 12.6. The molecule has 2 rings (SSSR count). The molecule has 21 heavy (non-hydrogen) atoms. The van der Waals surface area contributed by atoms with Gasteiger partial charge in [-0.3, -0.25) is 4.79 Å². The maximum Gasteiger partial charge on any atom is 0.250 e. The van der Waals surface area contributed by atoms with E-state index in [1.54, 1.807) is 22.9 Å². The van der Waals surface area contributed by atoms with E-state index in [9.17, 15) is 4.79 Å². The van der Waals surface area contributed by atoms with Crippen LogP contribution in [0.3, 0.4) is 0 Å². The Morgan fingerprint density at radius 3 is 2.48 bits per heavy atom. The van der Waals surface area contributed by atoms with E-state index >= 15 is 0 Å². The van der Waals surface area contributed by atoms with Crippen LogP contribution in [0.15, 0.2) is 59.5 Å². The summed E-state index contributed by atoms with van der Waals surface area (Å²) in [5.41, 5.74) is 6.72. The first-order valence-electron chi connectivity index (χ1n) is 6.90. The zero-order valence-electron chi connectivity index (χ0n) is 11.8. The summed E-state index contributed by atoms with van der Waals surface area (Å²) < 4.78 is 1.71. The Balaban J connectivity index is 2.07. The number of hydrogen-bond donors (Lipinski definition) is 1. The van der Waals surface area contributed by atoms with Crippen molar-refractivity contribution in [1.82, 2.24) is 4.57 Å². The molecule has 2 N–H and O–H groups in total. The van der Waals surface area contributed by atoms with Gasteiger partial charge in [0.2, 0.25) is 0 Å². The number of rotatable bonds is 7. The number of anilines is 1. The Morgan fingerprint density at radius 2 is 1.81 bits per heavy atom. The minimum absolute atomic E-state index is 0.0138. The summed E-state index contributed by atoms with van der Waals surface area (Å²) in [4.78, 5) is 14.4. The molecule has 0 saturated carbocycles. The van der Waals surface area contributed by atoms with Crippen LogP contribution in [0.2, 0.25) is 0 Å². The zero-order chi connectivity index (χ0) is 15.1. The van der Waals surface area contributed by atoms with Gasteiger partial charge in [0.15, 0.2) is 0 Å². The summed E-state index contributed by atoms with van der Waals surface area (Å²) in [6.07, 6.45) is 2.47. The van der Waals surface area contributed by atoms with Crippen molar-refractivity contribution in [3.8, 4) is 0 Å². The molecule has 0 spiro atoms. The number of thiocarbonyl (C=S) groups is 1. The van der Waals surface area contributed by atoms with E-state index in [1.807, 2.05) is 36.4 Å². The van der Waals surface area contributed by atoms with Gasteiger partial charge in [-0.15, -0.1) is 0 Å². The first-order valence-corrected chi connectivity index (χ1v) is 7.31. The molecule has 2 aromatic rings. The van der Waals surface area contributed by atoms with Gasteiger partial charge in [0.1, 0.15) is 0 Å². The van der Waals surface area contributed by atoms with E-state index in [0.29, 0.717) is 18.0 Å². The Hall–Kier alpha value is -2.14. The van der Waals surface area contributed by atoms with Gasteiger partial charge in [0, 0.05) is 44.0 Å². The number of nitrogens with zero attached hydrogens (tertiary/aromatic N) is 2. The molecule has 1 aromatic carbocycles. The molecule has 1 heterocycles. The highest BCUT2D eigenvalue weighted by atomic mass is 32.1. The van der Waals surface area contributed by atoms with E-state index in [-0.39, 0.29) is 5.56 Å². The van der Waals surface area contributed by atoms with Crippen LogP contribution in [0.5, 0.6) is 0 Å². The van der Waals surface area contributed by atoms with Crippen molar-refractivity contribution in [2.75, 3.05) is 18.0 Å². The van der Waals surface area contributed by atoms with Crippen LogP contribution in [0.4, 0.5) is 5.69 Å². The van der Waals surface area contributed by atoms with Crippen molar-refractivity contribution in [1.29, 1.82) is 0 Å². The lowest BCUT2D eigenvalue weighted by atomic mass is 10.2. The molecule has 0 bridgehead atoms. The van der Waals surface area contributed by atoms with Crippen molar-refractivity contribution in [3.63, 3.8) is 0 Å². The fourth-order valence-electron chi connectivity index (χ4n) is 2.13. The smallest absolute Gasteiger partial charge is 0.250 e. The third-order valence-corrected chi connectivity index (χ3v) is 3.46. The Bertz CT molecular complexity index is 639.